The summed E-state index contributed by atoms with van der Waals surface area (Å²) in [7, 11) is 1.59. The minimum atomic E-state index is -0.393. The van der Waals surface area contributed by atoms with E-state index in [1.807, 2.05) is 0 Å². The van der Waals surface area contributed by atoms with Crippen molar-refractivity contribution in [3.8, 4) is 0 Å². The van der Waals surface area contributed by atoms with E-state index in [4.69, 9.17) is 34.8 Å². The van der Waals surface area contributed by atoms with Crippen molar-refractivity contribution in [1.29, 1.82) is 0 Å². The molecule has 2 heterocycles. The summed E-state index contributed by atoms with van der Waals surface area (Å²) in [6.45, 7) is 2.00. The Hall–Kier alpha value is -1.37. The van der Waals surface area contributed by atoms with E-state index in [-0.39, 0.29) is 27.3 Å². The molecule has 0 aliphatic heterocycles. The molecule has 9 heteroatoms. The summed E-state index contributed by atoms with van der Waals surface area (Å²) in [6.07, 6.45) is 1.29. The molecule has 0 aromatic carbocycles. The fourth-order valence-electron chi connectivity index (χ4n) is 1.52. The molecule has 0 atom stereocenters. The van der Waals surface area contributed by atoms with Gasteiger partial charge in [0.25, 0.3) is 5.91 Å². The molecule has 0 saturated heterocycles. The van der Waals surface area contributed by atoms with Gasteiger partial charge in [-0.15, -0.1) is 0 Å². The summed E-state index contributed by atoms with van der Waals surface area (Å²) >= 11 is 17.6. The highest BCUT2D eigenvalue weighted by molar-refractivity contribution is 6.48. The zero-order chi connectivity index (χ0) is 14.9. The van der Waals surface area contributed by atoms with Gasteiger partial charge in [0.1, 0.15) is 11.5 Å². The largest absolute Gasteiger partial charge is 0.333 e. The average Bonchev–Trinajstić information content (AvgIpc) is 2.81. The molecule has 6 nitrogen and oxygen atoms in total. The van der Waals surface area contributed by atoms with E-state index >= 15 is 0 Å². The Morgan fingerprint density at radius 2 is 2.05 bits per heavy atom. The molecular weight excluding hydrogens is 325 g/mol. The van der Waals surface area contributed by atoms with Crippen LogP contribution in [-0.2, 0) is 6.54 Å². The number of aromatic nitrogens is 4. The first-order chi connectivity index (χ1) is 9.40. The van der Waals surface area contributed by atoms with E-state index in [0.717, 1.165) is 0 Å². The fourth-order valence-corrected chi connectivity index (χ4v) is 2.08. The maximum Gasteiger partial charge on any atom is 0.274 e. The van der Waals surface area contributed by atoms with Gasteiger partial charge in [-0.25, -0.2) is 9.97 Å². The zero-order valence-electron chi connectivity index (χ0n) is 10.6. The van der Waals surface area contributed by atoms with Crippen LogP contribution in [0.2, 0.25) is 15.1 Å². The van der Waals surface area contributed by atoms with Crippen LogP contribution in [0.3, 0.4) is 0 Å². The molecular formula is C11H10Cl3N5O. The first kappa shape index (κ1) is 15.0. The van der Waals surface area contributed by atoms with Crippen LogP contribution in [0, 0.1) is 6.92 Å². The number of amides is 1. The lowest BCUT2D eigenvalue weighted by Gasteiger charge is -2.15. The highest BCUT2D eigenvalue weighted by Gasteiger charge is 2.21. The molecule has 0 saturated carbocycles. The van der Waals surface area contributed by atoms with Gasteiger partial charge < -0.3 is 4.90 Å². The summed E-state index contributed by atoms with van der Waals surface area (Å²) in [6, 6.07) is 0. The van der Waals surface area contributed by atoms with Gasteiger partial charge in [-0.2, -0.15) is 5.10 Å². The summed E-state index contributed by atoms with van der Waals surface area (Å²) in [4.78, 5) is 21.7. The van der Waals surface area contributed by atoms with E-state index in [2.05, 4.69) is 20.2 Å². The van der Waals surface area contributed by atoms with E-state index < -0.39 is 5.91 Å². The Morgan fingerprint density at radius 1 is 1.35 bits per heavy atom. The lowest BCUT2D eigenvalue weighted by Crippen LogP contribution is -2.28. The number of rotatable bonds is 3. The minimum absolute atomic E-state index is 0.0298. The van der Waals surface area contributed by atoms with Crippen molar-refractivity contribution in [2.24, 2.45) is 0 Å². The monoisotopic (exact) mass is 333 g/mol. The smallest absolute Gasteiger partial charge is 0.274 e. The van der Waals surface area contributed by atoms with Crippen LogP contribution in [0.15, 0.2) is 6.20 Å². The number of nitrogens with one attached hydrogen (secondary N) is 1. The first-order valence-corrected chi connectivity index (χ1v) is 6.66. The van der Waals surface area contributed by atoms with Crippen molar-refractivity contribution < 1.29 is 4.79 Å². The predicted molar refractivity (Wildman–Crippen MR) is 76.2 cm³/mol. The van der Waals surface area contributed by atoms with Gasteiger partial charge in [-0.1, -0.05) is 34.8 Å². The summed E-state index contributed by atoms with van der Waals surface area (Å²) in [5.74, 6) is 0.775. The number of pyridine rings is 1. The van der Waals surface area contributed by atoms with E-state index in [9.17, 15) is 4.79 Å². The Kier molecular flexibility index (Phi) is 4.47. The predicted octanol–water partition coefficient (Wildman–Crippen LogP) is 2.74. The van der Waals surface area contributed by atoms with Crippen molar-refractivity contribution >= 4 is 40.7 Å². The fraction of sp³-hybridized carbons (Fsp3) is 0.273. The quantitative estimate of drug-likeness (QED) is 0.936. The lowest BCUT2D eigenvalue weighted by molar-refractivity contribution is 0.0776. The highest BCUT2D eigenvalue weighted by atomic mass is 35.5. The van der Waals surface area contributed by atoms with Crippen LogP contribution in [0.4, 0.5) is 0 Å². The Labute approximate surface area is 130 Å². The van der Waals surface area contributed by atoms with Crippen molar-refractivity contribution in [1.82, 2.24) is 25.1 Å². The van der Waals surface area contributed by atoms with Crippen molar-refractivity contribution in [2.45, 2.75) is 13.5 Å². The highest BCUT2D eigenvalue weighted by Crippen LogP contribution is 2.31. The second-order valence-corrected chi connectivity index (χ2v) is 5.24. The van der Waals surface area contributed by atoms with Crippen LogP contribution in [-0.4, -0.2) is 38.0 Å². The van der Waals surface area contributed by atoms with Gasteiger partial charge in [0.05, 0.1) is 21.6 Å². The maximum absolute atomic E-state index is 12.3. The number of halogens is 3. The van der Waals surface area contributed by atoms with Crippen LogP contribution in [0.5, 0.6) is 0 Å². The molecule has 0 unspecified atom stereocenters. The Morgan fingerprint density at radius 3 is 2.65 bits per heavy atom. The van der Waals surface area contributed by atoms with Crippen molar-refractivity contribution in [2.75, 3.05) is 7.05 Å². The van der Waals surface area contributed by atoms with E-state index in [0.29, 0.717) is 11.6 Å². The topological polar surface area (TPSA) is 74.8 Å². The van der Waals surface area contributed by atoms with Gasteiger partial charge in [-0.3, -0.25) is 9.89 Å². The first-order valence-electron chi connectivity index (χ1n) is 5.53. The molecule has 2 aromatic rings. The lowest BCUT2D eigenvalue weighted by atomic mass is 10.3. The van der Waals surface area contributed by atoms with E-state index in [1.54, 1.807) is 14.0 Å². The molecule has 0 radical (unpaired) electrons. The molecule has 20 heavy (non-hydrogen) atoms. The third-order valence-corrected chi connectivity index (χ3v) is 3.73. The third kappa shape index (κ3) is 3.03. The van der Waals surface area contributed by atoms with Gasteiger partial charge in [-0.05, 0) is 6.92 Å². The van der Waals surface area contributed by atoms with E-state index in [1.165, 1.54) is 11.1 Å². The molecule has 0 aliphatic carbocycles. The van der Waals surface area contributed by atoms with Gasteiger partial charge >= 0.3 is 0 Å². The molecule has 1 N–H and O–H groups in total. The molecule has 2 rings (SSSR count). The van der Waals surface area contributed by atoms with Crippen LogP contribution < -0.4 is 0 Å². The molecule has 0 spiro atoms. The number of nitrogens with zero attached hydrogens (tertiary/aromatic N) is 4. The van der Waals surface area contributed by atoms with Crippen molar-refractivity contribution in [3.63, 3.8) is 0 Å². The Balaban J connectivity index is 2.21. The average molecular weight is 335 g/mol. The molecule has 0 bridgehead atoms. The molecule has 2 aromatic heterocycles. The SMILES string of the molecule is Cc1nc(CN(C)C(=O)c2ncc(Cl)c(Cl)c2Cl)n[nH]1. The number of carbonyl (C=O) groups excluding carboxylic acids is 1. The zero-order valence-corrected chi connectivity index (χ0v) is 12.9. The number of H-pyrrole nitrogens is 1. The second-order valence-electron chi connectivity index (χ2n) is 4.08. The molecule has 106 valence electrons. The van der Waals surface area contributed by atoms with Crippen LogP contribution >= 0.6 is 34.8 Å². The van der Waals surface area contributed by atoms with Crippen LogP contribution in [0.25, 0.3) is 0 Å². The number of carbonyl (C=O) groups is 1. The van der Waals surface area contributed by atoms with Gasteiger partial charge in [0.15, 0.2) is 5.82 Å². The number of aromatic amines is 1. The standard InChI is InChI=1S/C11H10Cl3N5O/c1-5-16-7(18-17-5)4-19(2)11(20)10-9(14)8(13)6(12)3-15-10/h3H,4H2,1-2H3,(H,16,17,18). The summed E-state index contributed by atoms with van der Waals surface area (Å²) in [5.41, 5.74) is 0.0378. The molecule has 0 fully saturated rings. The van der Waals surface area contributed by atoms with Crippen molar-refractivity contribution in [3.05, 3.63) is 38.6 Å². The summed E-state index contributed by atoms with van der Waals surface area (Å²) < 4.78 is 0. The van der Waals surface area contributed by atoms with Gasteiger partial charge in [0.2, 0.25) is 0 Å². The second kappa shape index (κ2) is 5.95. The molecule has 0 aliphatic rings. The third-order valence-electron chi connectivity index (χ3n) is 2.49. The minimum Gasteiger partial charge on any atom is -0.333 e. The normalized spacial score (nSPS) is 10.7. The number of hydrogen-bond donors (Lipinski definition) is 1. The summed E-state index contributed by atoms with van der Waals surface area (Å²) in [5, 5.41) is 6.99. The van der Waals surface area contributed by atoms with Crippen LogP contribution in [0.1, 0.15) is 22.1 Å². The van der Waals surface area contributed by atoms with Gasteiger partial charge in [0, 0.05) is 13.2 Å². The molecule has 1 amide bonds. The Bertz CT molecular complexity index is 658. The maximum atomic E-state index is 12.3. The number of aryl methyl sites for hydroxylation is 1. The number of hydrogen-bond acceptors (Lipinski definition) is 4.